The molecular formula is C18H23Cl2NO3S. The number of rotatable bonds is 6. The molecule has 0 aliphatic carbocycles. The molecule has 1 aromatic rings. The Bertz CT molecular complexity index is 639. The molecule has 7 heteroatoms. The zero-order valence-corrected chi connectivity index (χ0v) is 17.0. The topological polar surface area (TPSA) is 46.6 Å². The largest absolute Gasteiger partial charge is 0.464 e. The highest BCUT2D eigenvalue weighted by atomic mass is 35.5. The molecule has 25 heavy (non-hydrogen) atoms. The fraction of sp³-hybridized carbons (Fsp3) is 0.556. The average molecular weight is 404 g/mol. The minimum atomic E-state index is -0.573. The van der Waals surface area contributed by atoms with Crippen LogP contribution >= 0.6 is 35.0 Å². The van der Waals surface area contributed by atoms with Crippen LogP contribution in [0.4, 0.5) is 0 Å². The molecule has 0 saturated carbocycles. The summed E-state index contributed by atoms with van der Waals surface area (Å²) in [6.45, 7) is 6.50. The second kappa shape index (κ2) is 9.15. The van der Waals surface area contributed by atoms with Gasteiger partial charge in [0.05, 0.1) is 22.0 Å². The van der Waals surface area contributed by atoms with Crippen molar-refractivity contribution in [1.82, 2.24) is 4.90 Å². The van der Waals surface area contributed by atoms with Crippen molar-refractivity contribution in [3.63, 3.8) is 0 Å². The number of carbonyl (C=O) groups excluding carboxylic acids is 2. The zero-order valence-electron chi connectivity index (χ0n) is 14.6. The van der Waals surface area contributed by atoms with Crippen LogP contribution in [-0.2, 0) is 9.53 Å². The number of benzene rings is 1. The van der Waals surface area contributed by atoms with Gasteiger partial charge in [0.25, 0.3) is 5.91 Å². The highest BCUT2D eigenvalue weighted by Crippen LogP contribution is 2.36. The van der Waals surface area contributed by atoms with Gasteiger partial charge < -0.3 is 9.64 Å². The Morgan fingerprint density at radius 1 is 1.32 bits per heavy atom. The Morgan fingerprint density at radius 3 is 2.64 bits per heavy atom. The van der Waals surface area contributed by atoms with Crippen LogP contribution in [0.5, 0.6) is 0 Å². The fourth-order valence-electron chi connectivity index (χ4n) is 2.67. The summed E-state index contributed by atoms with van der Waals surface area (Å²) in [7, 11) is 0. The number of halogens is 2. The van der Waals surface area contributed by atoms with Crippen LogP contribution in [-0.4, -0.2) is 40.6 Å². The third-order valence-corrected chi connectivity index (χ3v) is 6.38. The molecule has 1 aromatic carbocycles. The van der Waals surface area contributed by atoms with Crippen LogP contribution in [0, 0.1) is 5.92 Å². The Balaban J connectivity index is 2.24. The second-order valence-electron chi connectivity index (χ2n) is 6.35. The number of hydrogen-bond donors (Lipinski definition) is 0. The SMILES string of the molecule is CCCCOC(=O)[C@H]1CS[C@H](C(C)C)N1C(=O)c1ccc(Cl)c(Cl)c1. The Labute approximate surface area is 163 Å². The smallest absolute Gasteiger partial charge is 0.329 e. The number of unbranched alkanes of at least 4 members (excludes halogenated alkanes) is 1. The molecule has 0 N–H and O–H groups in total. The minimum Gasteiger partial charge on any atom is -0.464 e. The van der Waals surface area contributed by atoms with Crippen LogP contribution < -0.4 is 0 Å². The molecule has 2 rings (SSSR count). The Hall–Kier alpha value is -0.910. The van der Waals surface area contributed by atoms with E-state index in [1.807, 2.05) is 20.8 Å². The van der Waals surface area contributed by atoms with Gasteiger partial charge in [0.15, 0.2) is 0 Å². The van der Waals surface area contributed by atoms with Crippen LogP contribution in [0.3, 0.4) is 0 Å². The normalized spacial score (nSPS) is 20.2. The van der Waals surface area contributed by atoms with E-state index < -0.39 is 6.04 Å². The molecule has 0 aromatic heterocycles. The molecule has 0 bridgehead atoms. The number of carbonyl (C=O) groups is 2. The first-order valence-electron chi connectivity index (χ1n) is 8.42. The quantitative estimate of drug-likeness (QED) is 0.501. The van der Waals surface area contributed by atoms with E-state index >= 15 is 0 Å². The maximum Gasteiger partial charge on any atom is 0.329 e. The lowest BCUT2D eigenvalue weighted by molar-refractivity contribution is -0.148. The van der Waals surface area contributed by atoms with Gasteiger partial charge in [0.1, 0.15) is 6.04 Å². The van der Waals surface area contributed by atoms with Crippen molar-refractivity contribution >= 4 is 46.8 Å². The molecule has 1 heterocycles. The third kappa shape index (κ3) is 4.83. The summed E-state index contributed by atoms with van der Waals surface area (Å²) in [5, 5.41) is 0.637. The summed E-state index contributed by atoms with van der Waals surface area (Å²) >= 11 is 13.6. The van der Waals surface area contributed by atoms with Crippen LogP contribution in [0.25, 0.3) is 0 Å². The maximum absolute atomic E-state index is 13.1. The van der Waals surface area contributed by atoms with E-state index in [9.17, 15) is 9.59 Å². The first kappa shape index (κ1) is 20.4. The number of amides is 1. The van der Waals surface area contributed by atoms with Crippen LogP contribution in [0.2, 0.25) is 10.0 Å². The molecular weight excluding hydrogens is 381 g/mol. The number of hydrogen-bond acceptors (Lipinski definition) is 4. The van der Waals surface area contributed by atoms with Gasteiger partial charge in [0.2, 0.25) is 0 Å². The van der Waals surface area contributed by atoms with Crippen molar-refractivity contribution < 1.29 is 14.3 Å². The summed E-state index contributed by atoms with van der Waals surface area (Å²) in [6.07, 6.45) is 1.77. The van der Waals surface area contributed by atoms with Gasteiger partial charge in [0, 0.05) is 11.3 Å². The molecule has 0 spiro atoms. The van der Waals surface area contributed by atoms with Crippen molar-refractivity contribution in [2.45, 2.75) is 45.0 Å². The summed E-state index contributed by atoms with van der Waals surface area (Å²) < 4.78 is 5.36. The third-order valence-electron chi connectivity index (χ3n) is 4.02. The average Bonchev–Trinajstić information content (AvgIpc) is 3.02. The fourth-order valence-corrected chi connectivity index (χ4v) is 4.43. The Kier molecular flexibility index (Phi) is 7.47. The van der Waals surface area contributed by atoms with Gasteiger partial charge in [-0.25, -0.2) is 4.79 Å². The van der Waals surface area contributed by atoms with Gasteiger partial charge in [-0.1, -0.05) is 50.4 Å². The highest BCUT2D eigenvalue weighted by molar-refractivity contribution is 8.00. The molecule has 1 aliphatic heterocycles. The van der Waals surface area contributed by atoms with Crippen molar-refractivity contribution in [2.75, 3.05) is 12.4 Å². The lowest BCUT2D eigenvalue weighted by atomic mass is 10.1. The minimum absolute atomic E-state index is 0.0781. The van der Waals surface area contributed by atoms with Crippen LogP contribution in [0.15, 0.2) is 18.2 Å². The van der Waals surface area contributed by atoms with Crippen LogP contribution in [0.1, 0.15) is 44.0 Å². The van der Waals surface area contributed by atoms with Crippen molar-refractivity contribution in [3.05, 3.63) is 33.8 Å². The van der Waals surface area contributed by atoms with Gasteiger partial charge in [-0.3, -0.25) is 4.79 Å². The predicted molar refractivity (Wildman–Crippen MR) is 103 cm³/mol. The summed E-state index contributed by atoms with van der Waals surface area (Å²) in [4.78, 5) is 27.2. The first-order chi connectivity index (χ1) is 11.9. The van der Waals surface area contributed by atoms with Gasteiger partial charge in [-0.15, -0.1) is 11.8 Å². The lowest BCUT2D eigenvalue weighted by Gasteiger charge is -2.30. The molecule has 0 radical (unpaired) electrons. The molecule has 2 atom stereocenters. The van der Waals surface area contributed by atoms with E-state index in [0.29, 0.717) is 28.0 Å². The molecule has 1 saturated heterocycles. The summed E-state index contributed by atoms with van der Waals surface area (Å²) in [6, 6.07) is 4.21. The number of ether oxygens (including phenoxy) is 1. The Morgan fingerprint density at radius 2 is 2.04 bits per heavy atom. The van der Waals surface area contributed by atoms with E-state index in [-0.39, 0.29) is 23.2 Å². The molecule has 1 amide bonds. The highest BCUT2D eigenvalue weighted by Gasteiger charge is 2.43. The maximum atomic E-state index is 13.1. The standard InChI is InChI=1S/C18H23Cl2NO3S/c1-4-5-8-24-18(23)15-10-25-17(11(2)3)21(15)16(22)12-6-7-13(19)14(20)9-12/h6-7,9,11,15,17H,4-5,8,10H2,1-3H3/t15-,17-/m1/s1. The number of esters is 1. The molecule has 4 nitrogen and oxygen atoms in total. The summed E-state index contributed by atoms with van der Waals surface area (Å²) in [5.74, 6) is 0.198. The first-order valence-corrected chi connectivity index (χ1v) is 10.2. The lowest BCUT2D eigenvalue weighted by Crippen LogP contribution is -2.47. The van der Waals surface area contributed by atoms with E-state index in [4.69, 9.17) is 27.9 Å². The zero-order chi connectivity index (χ0) is 18.6. The van der Waals surface area contributed by atoms with Crippen molar-refractivity contribution in [3.8, 4) is 0 Å². The van der Waals surface area contributed by atoms with E-state index in [2.05, 4.69) is 0 Å². The molecule has 0 unspecified atom stereocenters. The second-order valence-corrected chi connectivity index (χ2v) is 8.31. The molecule has 1 aliphatic rings. The van der Waals surface area contributed by atoms with Gasteiger partial charge in [-0.05, 0) is 30.5 Å². The van der Waals surface area contributed by atoms with Crippen molar-refractivity contribution in [2.24, 2.45) is 5.92 Å². The number of thioether (sulfide) groups is 1. The monoisotopic (exact) mass is 403 g/mol. The van der Waals surface area contributed by atoms with E-state index in [1.54, 1.807) is 34.9 Å². The summed E-state index contributed by atoms with van der Waals surface area (Å²) in [5.41, 5.74) is 0.425. The van der Waals surface area contributed by atoms with E-state index in [0.717, 1.165) is 12.8 Å². The predicted octanol–water partition coefficient (Wildman–Crippen LogP) is 4.88. The molecule has 138 valence electrons. The van der Waals surface area contributed by atoms with Crippen molar-refractivity contribution in [1.29, 1.82) is 0 Å². The van der Waals surface area contributed by atoms with E-state index in [1.165, 1.54) is 0 Å². The molecule has 1 fully saturated rings. The van der Waals surface area contributed by atoms with Gasteiger partial charge >= 0.3 is 5.97 Å². The number of nitrogens with zero attached hydrogens (tertiary/aromatic N) is 1. The van der Waals surface area contributed by atoms with Gasteiger partial charge in [-0.2, -0.15) is 0 Å².